The van der Waals surface area contributed by atoms with Gasteiger partial charge in [0.1, 0.15) is 11.5 Å². The summed E-state index contributed by atoms with van der Waals surface area (Å²) in [6, 6.07) is 17.9. The molecule has 140 valence electrons. The first-order chi connectivity index (χ1) is 13.5. The zero-order chi connectivity index (χ0) is 19.7. The molecule has 1 aliphatic rings. The molecule has 3 aromatic rings. The smallest absolute Gasteiger partial charge is 0.293 e. The highest BCUT2D eigenvalue weighted by Crippen LogP contribution is 2.34. The van der Waals surface area contributed by atoms with E-state index in [4.69, 9.17) is 27.6 Å². The van der Waals surface area contributed by atoms with Crippen LogP contribution in [0, 0.1) is 0 Å². The minimum Gasteiger partial charge on any atom is -0.457 e. The Labute approximate surface area is 175 Å². The van der Waals surface area contributed by atoms with Gasteiger partial charge in [-0.15, -0.1) is 0 Å². The summed E-state index contributed by atoms with van der Waals surface area (Å²) < 4.78 is 5.79. The van der Waals surface area contributed by atoms with Crippen LogP contribution >= 0.6 is 35.0 Å². The lowest BCUT2D eigenvalue weighted by Gasteiger charge is -2.12. The summed E-state index contributed by atoms with van der Waals surface area (Å²) in [4.78, 5) is 26.5. The molecule has 0 atom stereocenters. The molecule has 2 amide bonds. The first-order valence-corrected chi connectivity index (χ1v) is 9.92. The maximum atomic E-state index is 12.7. The van der Waals surface area contributed by atoms with E-state index in [1.54, 1.807) is 48.5 Å². The Morgan fingerprint density at radius 1 is 0.964 bits per heavy atom. The second kappa shape index (κ2) is 7.87. The van der Waals surface area contributed by atoms with Gasteiger partial charge < -0.3 is 4.42 Å². The van der Waals surface area contributed by atoms with Crippen molar-refractivity contribution in [3.63, 3.8) is 0 Å². The summed E-state index contributed by atoms with van der Waals surface area (Å²) in [5.41, 5.74) is 1.62. The van der Waals surface area contributed by atoms with Crippen molar-refractivity contribution in [3.05, 3.63) is 86.9 Å². The van der Waals surface area contributed by atoms with Crippen molar-refractivity contribution in [1.29, 1.82) is 0 Å². The predicted molar refractivity (Wildman–Crippen MR) is 112 cm³/mol. The fourth-order valence-corrected chi connectivity index (χ4v) is 4.03. The molecule has 2 aromatic carbocycles. The Balaban J connectivity index is 1.54. The largest absolute Gasteiger partial charge is 0.457 e. The quantitative estimate of drug-likeness (QED) is 0.444. The number of rotatable bonds is 4. The van der Waals surface area contributed by atoms with E-state index < -0.39 is 0 Å². The molecule has 7 heteroatoms. The van der Waals surface area contributed by atoms with Crippen LogP contribution in [0.4, 0.5) is 4.79 Å². The molecule has 0 bridgehead atoms. The average Bonchev–Trinajstić information content (AvgIpc) is 3.23. The molecule has 0 saturated carbocycles. The van der Waals surface area contributed by atoms with Gasteiger partial charge in [0.25, 0.3) is 11.1 Å². The van der Waals surface area contributed by atoms with Gasteiger partial charge in [0.15, 0.2) is 0 Å². The maximum Gasteiger partial charge on any atom is 0.293 e. The van der Waals surface area contributed by atoms with Crippen LogP contribution in [0.1, 0.15) is 11.3 Å². The summed E-state index contributed by atoms with van der Waals surface area (Å²) in [5.74, 6) is 0.769. The van der Waals surface area contributed by atoms with E-state index >= 15 is 0 Å². The summed E-state index contributed by atoms with van der Waals surface area (Å²) in [6.07, 6.45) is 1.58. The maximum absolute atomic E-state index is 12.7. The number of imide groups is 1. The molecular formula is C21H13Cl2NO3S. The van der Waals surface area contributed by atoms with Crippen molar-refractivity contribution in [1.82, 2.24) is 4.90 Å². The molecule has 28 heavy (non-hydrogen) atoms. The number of carbonyl (C=O) groups excluding carboxylic acids is 2. The van der Waals surface area contributed by atoms with Crippen LogP contribution in [-0.4, -0.2) is 16.0 Å². The summed E-state index contributed by atoms with van der Waals surface area (Å²) in [5, 5.41) is 0.847. The summed E-state index contributed by atoms with van der Waals surface area (Å²) in [7, 11) is 0. The monoisotopic (exact) mass is 429 g/mol. The van der Waals surface area contributed by atoms with Crippen LogP contribution in [0.3, 0.4) is 0 Å². The lowest BCUT2D eigenvalue weighted by Crippen LogP contribution is -2.27. The minimum atomic E-state index is -0.351. The Morgan fingerprint density at radius 2 is 1.71 bits per heavy atom. The van der Waals surface area contributed by atoms with E-state index in [2.05, 4.69) is 0 Å². The van der Waals surface area contributed by atoms with Crippen molar-refractivity contribution in [2.24, 2.45) is 0 Å². The topological polar surface area (TPSA) is 50.5 Å². The van der Waals surface area contributed by atoms with E-state index in [-0.39, 0.29) is 17.7 Å². The molecule has 4 nitrogen and oxygen atoms in total. The molecule has 0 spiro atoms. The number of furan rings is 1. The zero-order valence-electron chi connectivity index (χ0n) is 14.4. The SMILES string of the molecule is O=C1S/C(=C\c2ccc(-c3cccc(Cl)c3)o2)C(=O)N1Cc1cccc(Cl)c1. The molecule has 1 aliphatic heterocycles. The van der Waals surface area contributed by atoms with Gasteiger partial charge in [-0.05, 0) is 53.7 Å². The second-order valence-corrected chi connectivity index (χ2v) is 7.98. The van der Waals surface area contributed by atoms with Crippen molar-refractivity contribution in [2.45, 2.75) is 6.54 Å². The van der Waals surface area contributed by atoms with Gasteiger partial charge in [0.05, 0.1) is 11.4 Å². The van der Waals surface area contributed by atoms with Gasteiger partial charge in [-0.2, -0.15) is 0 Å². The van der Waals surface area contributed by atoms with Gasteiger partial charge in [-0.25, -0.2) is 0 Å². The molecule has 0 N–H and O–H groups in total. The first kappa shape index (κ1) is 18.9. The first-order valence-electron chi connectivity index (χ1n) is 8.35. The van der Waals surface area contributed by atoms with Crippen molar-refractivity contribution >= 4 is 52.2 Å². The minimum absolute atomic E-state index is 0.175. The van der Waals surface area contributed by atoms with E-state index in [1.165, 1.54) is 4.90 Å². The van der Waals surface area contributed by atoms with Crippen molar-refractivity contribution in [3.8, 4) is 11.3 Å². The third-order valence-electron chi connectivity index (χ3n) is 4.11. The Bertz CT molecular complexity index is 1110. The standard InChI is InChI=1S/C21H13Cl2NO3S/c22-15-5-1-3-13(9-15)12-24-20(25)19(28-21(24)26)11-17-7-8-18(27-17)14-4-2-6-16(23)10-14/h1-11H,12H2/b19-11-. The van der Waals surface area contributed by atoms with Crippen LogP contribution in [0.2, 0.25) is 10.0 Å². The van der Waals surface area contributed by atoms with Gasteiger partial charge in [-0.1, -0.05) is 47.5 Å². The van der Waals surface area contributed by atoms with Gasteiger partial charge in [0.2, 0.25) is 0 Å². The fourth-order valence-electron chi connectivity index (χ4n) is 2.81. The third-order valence-corrected chi connectivity index (χ3v) is 5.49. The molecule has 4 rings (SSSR count). The molecule has 2 heterocycles. The molecule has 0 unspecified atom stereocenters. The Hall–Kier alpha value is -2.47. The molecule has 0 aliphatic carbocycles. The summed E-state index contributed by atoms with van der Waals surface area (Å²) in [6.45, 7) is 0.175. The molecule has 1 fully saturated rings. The van der Waals surface area contributed by atoms with Crippen LogP contribution in [0.15, 0.2) is 70.0 Å². The Morgan fingerprint density at radius 3 is 2.46 bits per heavy atom. The normalized spacial score (nSPS) is 15.6. The fraction of sp³-hybridized carbons (Fsp3) is 0.0476. The van der Waals surface area contributed by atoms with E-state index in [0.29, 0.717) is 26.5 Å². The number of nitrogens with zero attached hydrogens (tertiary/aromatic N) is 1. The highest BCUT2D eigenvalue weighted by atomic mass is 35.5. The highest BCUT2D eigenvalue weighted by Gasteiger charge is 2.35. The average molecular weight is 430 g/mol. The van der Waals surface area contributed by atoms with Crippen LogP contribution in [-0.2, 0) is 11.3 Å². The van der Waals surface area contributed by atoms with E-state index in [9.17, 15) is 9.59 Å². The number of benzene rings is 2. The van der Waals surface area contributed by atoms with Gasteiger partial charge in [-0.3, -0.25) is 14.5 Å². The Kier molecular flexibility index (Phi) is 5.31. The van der Waals surface area contributed by atoms with Crippen LogP contribution in [0.5, 0.6) is 0 Å². The number of carbonyl (C=O) groups is 2. The second-order valence-electron chi connectivity index (χ2n) is 6.11. The number of hydrogen-bond donors (Lipinski definition) is 0. The summed E-state index contributed by atoms with van der Waals surface area (Å²) >= 11 is 12.9. The van der Waals surface area contributed by atoms with E-state index in [0.717, 1.165) is 22.9 Å². The number of amides is 2. The predicted octanol–water partition coefficient (Wildman–Crippen LogP) is 6.49. The van der Waals surface area contributed by atoms with Crippen molar-refractivity contribution in [2.75, 3.05) is 0 Å². The zero-order valence-corrected chi connectivity index (χ0v) is 16.7. The molecule has 0 radical (unpaired) electrons. The third kappa shape index (κ3) is 4.02. The number of thioether (sulfide) groups is 1. The van der Waals surface area contributed by atoms with Gasteiger partial charge in [0, 0.05) is 21.7 Å². The van der Waals surface area contributed by atoms with Crippen molar-refractivity contribution < 1.29 is 14.0 Å². The highest BCUT2D eigenvalue weighted by molar-refractivity contribution is 8.18. The van der Waals surface area contributed by atoms with E-state index in [1.807, 2.05) is 18.2 Å². The lowest BCUT2D eigenvalue weighted by molar-refractivity contribution is -0.123. The van der Waals surface area contributed by atoms with Crippen LogP contribution < -0.4 is 0 Å². The number of hydrogen-bond acceptors (Lipinski definition) is 4. The lowest BCUT2D eigenvalue weighted by atomic mass is 10.2. The molecule has 1 aromatic heterocycles. The van der Waals surface area contributed by atoms with Crippen LogP contribution in [0.25, 0.3) is 17.4 Å². The number of halogens is 2. The van der Waals surface area contributed by atoms with Gasteiger partial charge >= 0.3 is 0 Å². The molecular weight excluding hydrogens is 417 g/mol. The molecule has 1 saturated heterocycles.